The zero-order valence-electron chi connectivity index (χ0n) is 18.9. The Hall–Kier alpha value is -2.22. The minimum absolute atomic E-state index is 0.0303. The predicted molar refractivity (Wildman–Crippen MR) is 124 cm³/mol. The quantitative estimate of drug-likeness (QED) is 0.295. The maximum absolute atomic E-state index is 14.3. The van der Waals surface area contributed by atoms with Gasteiger partial charge in [-0.1, -0.05) is 40.5 Å². The molecule has 3 heterocycles. The third-order valence-electron chi connectivity index (χ3n) is 6.67. The molecule has 1 spiro atoms. The topological polar surface area (TPSA) is 51.1 Å². The summed E-state index contributed by atoms with van der Waals surface area (Å²) in [4.78, 5) is 18.3. The number of hydrogen-bond donors (Lipinski definition) is 0. The summed E-state index contributed by atoms with van der Waals surface area (Å²) in [5.41, 5.74) is -7.24. The second kappa shape index (κ2) is 9.17. The number of rotatable bonds is 4. The fourth-order valence-electron chi connectivity index (χ4n) is 4.72. The highest BCUT2D eigenvalue weighted by Crippen LogP contribution is 2.51. The number of halogens is 9. The van der Waals surface area contributed by atoms with Crippen LogP contribution in [0.5, 0.6) is 0 Å². The number of benzene rings is 2. The molecule has 2 aromatic rings. The van der Waals surface area contributed by atoms with Crippen molar-refractivity contribution in [2.45, 2.75) is 35.9 Å². The second-order valence-electron chi connectivity index (χ2n) is 9.02. The van der Waals surface area contributed by atoms with E-state index in [-0.39, 0.29) is 25.4 Å². The molecule has 2 aromatic carbocycles. The molecule has 0 aromatic heterocycles. The summed E-state index contributed by atoms with van der Waals surface area (Å²) in [5, 5.41) is 2.49. The number of carbonyl (C=O) groups excluding carboxylic acids is 1. The van der Waals surface area contributed by atoms with Crippen molar-refractivity contribution in [3.05, 3.63) is 68.4 Å². The van der Waals surface area contributed by atoms with Crippen LogP contribution in [0, 0.1) is 5.82 Å². The van der Waals surface area contributed by atoms with Gasteiger partial charge in [0.05, 0.1) is 41.2 Å². The number of hydrogen-bond acceptors (Lipinski definition) is 5. The standard InChI is InChI=1S/C23H15Cl2F7N2O3S/c24-15-4-13(5-16(25)19(15)26)21(22(27,28)29)6-17(33-37-21)11-1-2-14-12(3-11)7-36-20(14)9-34(10-20)18(35)8-38-23(30,31)32/h1-5H,6-10H2. The van der Waals surface area contributed by atoms with Crippen molar-refractivity contribution in [3.8, 4) is 0 Å². The van der Waals surface area contributed by atoms with Gasteiger partial charge in [-0.3, -0.25) is 4.79 Å². The molecule has 1 saturated heterocycles. The molecular weight excluding hydrogens is 588 g/mol. The van der Waals surface area contributed by atoms with Crippen LogP contribution in [-0.2, 0) is 32.2 Å². The van der Waals surface area contributed by atoms with Crippen LogP contribution in [0.3, 0.4) is 0 Å². The highest BCUT2D eigenvalue weighted by molar-refractivity contribution is 8.00. The van der Waals surface area contributed by atoms with Crippen molar-refractivity contribution in [2.75, 3.05) is 18.8 Å². The normalized spacial score (nSPS) is 22.2. The lowest BCUT2D eigenvalue weighted by atomic mass is 9.83. The van der Waals surface area contributed by atoms with Gasteiger partial charge in [-0.05, 0) is 46.7 Å². The van der Waals surface area contributed by atoms with Crippen LogP contribution in [0.2, 0.25) is 10.0 Å². The Morgan fingerprint density at radius 1 is 1.08 bits per heavy atom. The molecule has 0 N–H and O–H groups in total. The van der Waals surface area contributed by atoms with E-state index in [1.54, 1.807) is 12.1 Å². The number of carbonyl (C=O) groups is 1. The van der Waals surface area contributed by atoms with Crippen LogP contribution in [0.25, 0.3) is 0 Å². The molecule has 0 saturated carbocycles. The number of amides is 1. The van der Waals surface area contributed by atoms with Crippen molar-refractivity contribution < 1.29 is 45.1 Å². The maximum atomic E-state index is 14.3. The number of thioether (sulfide) groups is 1. The van der Waals surface area contributed by atoms with Gasteiger partial charge in [0.2, 0.25) is 5.91 Å². The van der Waals surface area contributed by atoms with Gasteiger partial charge in [0.15, 0.2) is 5.82 Å². The number of nitrogens with zero attached hydrogens (tertiary/aromatic N) is 2. The lowest BCUT2D eigenvalue weighted by molar-refractivity contribution is -0.275. The molecule has 204 valence electrons. The summed E-state index contributed by atoms with van der Waals surface area (Å²) in [5.74, 6) is -2.47. The van der Waals surface area contributed by atoms with Crippen LogP contribution in [-0.4, -0.2) is 47.0 Å². The van der Waals surface area contributed by atoms with E-state index in [1.807, 2.05) is 0 Å². The average molecular weight is 603 g/mol. The van der Waals surface area contributed by atoms with Crippen molar-refractivity contribution >= 4 is 46.6 Å². The first-order chi connectivity index (χ1) is 17.6. The highest BCUT2D eigenvalue weighted by Gasteiger charge is 2.62. The number of likely N-dealkylation sites (tertiary alicyclic amines) is 1. The predicted octanol–water partition coefficient (Wildman–Crippen LogP) is 6.54. The molecular formula is C23H15Cl2F7N2O3S. The van der Waals surface area contributed by atoms with E-state index in [1.165, 1.54) is 11.0 Å². The van der Waals surface area contributed by atoms with Crippen LogP contribution in [0.4, 0.5) is 30.7 Å². The summed E-state index contributed by atoms with van der Waals surface area (Å²) >= 11 is 11.0. The summed E-state index contributed by atoms with van der Waals surface area (Å²) in [7, 11) is 0. The third-order valence-corrected chi connectivity index (χ3v) is 7.94. The van der Waals surface area contributed by atoms with Gasteiger partial charge in [-0.25, -0.2) is 4.39 Å². The molecule has 0 bridgehead atoms. The Morgan fingerprint density at radius 2 is 1.74 bits per heavy atom. The molecule has 3 aliphatic rings. The van der Waals surface area contributed by atoms with Crippen LogP contribution < -0.4 is 0 Å². The molecule has 1 unspecified atom stereocenters. The fraction of sp³-hybridized carbons (Fsp3) is 0.391. The van der Waals surface area contributed by atoms with E-state index in [0.717, 1.165) is 12.1 Å². The monoisotopic (exact) mass is 602 g/mol. The molecule has 5 rings (SSSR count). The highest BCUT2D eigenvalue weighted by atomic mass is 35.5. The minimum atomic E-state index is -4.96. The second-order valence-corrected chi connectivity index (χ2v) is 10.9. The largest absolute Gasteiger partial charge is 0.442 e. The van der Waals surface area contributed by atoms with Crippen molar-refractivity contribution in [3.63, 3.8) is 0 Å². The molecule has 38 heavy (non-hydrogen) atoms. The first kappa shape index (κ1) is 27.4. The number of oxime groups is 1. The van der Waals surface area contributed by atoms with E-state index in [9.17, 15) is 35.5 Å². The van der Waals surface area contributed by atoms with E-state index >= 15 is 0 Å². The zero-order chi connectivity index (χ0) is 27.7. The summed E-state index contributed by atoms with van der Waals surface area (Å²) in [6, 6.07) is 6.34. The first-order valence-corrected chi connectivity index (χ1v) is 12.6. The molecule has 1 fully saturated rings. The van der Waals surface area contributed by atoms with Crippen molar-refractivity contribution in [2.24, 2.45) is 5.16 Å². The molecule has 0 aliphatic carbocycles. The van der Waals surface area contributed by atoms with Gasteiger partial charge in [0, 0.05) is 12.0 Å². The Kier molecular flexibility index (Phi) is 6.60. The van der Waals surface area contributed by atoms with Crippen molar-refractivity contribution in [1.82, 2.24) is 4.90 Å². The van der Waals surface area contributed by atoms with Crippen molar-refractivity contribution in [1.29, 1.82) is 0 Å². The van der Waals surface area contributed by atoms with E-state index < -0.39 is 74.2 Å². The first-order valence-electron chi connectivity index (χ1n) is 10.9. The number of ether oxygens (including phenoxy) is 1. The molecule has 15 heteroatoms. The van der Waals surface area contributed by atoms with Crippen LogP contribution >= 0.6 is 35.0 Å². The molecule has 1 amide bonds. The van der Waals surface area contributed by atoms with E-state index in [2.05, 4.69) is 5.16 Å². The van der Waals surface area contributed by atoms with Gasteiger partial charge in [-0.15, -0.1) is 0 Å². The van der Waals surface area contributed by atoms with Gasteiger partial charge >= 0.3 is 11.7 Å². The molecule has 0 radical (unpaired) electrons. The molecule has 5 nitrogen and oxygen atoms in total. The van der Waals surface area contributed by atoms with Crippen LogP contribution in [0.15, 0.2) is 35.5 Å². The summed E-state index contributed by atoms with van der Waals surface area (Å²) in [6.45, 7) is 0.206. The minimum Gasteiger partial charge on any atom is -0.374 e. The zero-order valence-corrected chi connectivity index (χ0v) is 21.2. The Labute approximate surface area is 224 Å². The van der Waals surface area contributed by atoms with Gasteiger partial charge in [0.25, 0.3) is 5.60 Å². The van der Waals surface area contributed by atoms with Gasteiger partial charge < -0.3 is 14.5 Å². The molecule has 1 atom stereocenters. The Morgan fingerprint density at radius 3 is 2.34 bits per heavy atom. The van der Waals surface area contributed by atoms with Gasteiger partial charge in [0.1, 0.15) is 5.60 Å². The molecule has 3 aliphatic heterocycles. The average Bonchev–Trinajstić information content (AvgIpc) is 3.42. The van der Waals surface area contributed by atoms with Gasteiger partial charge in [-0.2, -0.15) is 26.3 Å². The fourth-order valence-corrected chi connectivity index (χ4v) is 5.68. The summed E-state index contributed by atoms with van der Waals surface area (Å²) < 4.78 is 99.6. The SMILES string of the molecule is O=C(CSC(F)(F)F)N1CC2(C1)OCc1cc(C3=NOC(c4cc(Cl)c(F)c(Cl)c4)(C(F)(F)F)C3)ccc12. The van der Waals surface area contributed by atoms with E-state index in [4.69, 9.17) is 32.8 Å². The smallest absolute Gasteiger partial charge is 0.374 e. The van der Waals surface area contributed by atoms with Crippen LogP contribution in [0.1, 0.15) is 28.7 Å². The lowest BCUT2D eigenvalue weighted by Gasteiger charge is -2.47. The summed E-state index contributed by atoms with van der Waals surface area (Å²) in [6.07, 6.45) is -5.70. The Bertz CT molecular complexity index is 1320. The number of fused-ring (bicyclic) bond motifs is 2. The number of alkyl halides is 6. The third kappa shape index (κ3) is 4.61. The maximum Gasteiger partial charge on any atom is 0.442 e. The lowest BCUT2D eigenvalue weighted by Crippen LogP contribution is -2.61. The van der Waals surface area contributed by atoms with E-state index in [0.29, 0.717) is 16.7 Å². The Balaban J connectivity index is 1.34.